The molecule has 1 heterocycles. The van der Waals surface area contributed by atoms with Crippen molar-refractivity contribution in [3.8, 4) is 5.88 Å². The third-order valence-corrected chi connectivity index (χ3v) is 3.57. The third kappa shape index (κ3) is 8.24. The van der Waals surface area contributed by atoms with Crippen LogP contribution in [0.5, 0.6) is 5.88 Å². The van der Waals surface area contributed by atoms with Gasteiger partial charge in [-0.05, 0) is 42.7 Å². The van der Waals surface area contributed by atoms with Crippen molar-refractivity contribution in [1.82, 2.24) is 15.6 Å². The lowest BCUT2D eigenvalue weighted by Gasteiger charge is -2.12. The summed E-state index contributed by atoms with van der Waals surface area (Å²) in [6, 6.07) is 9.36. The number of rotatable bonds is 8. The van der Waals surface area contributed by atoms with Gasteiger partial charge in [-0.1, -0.05) is 12.1 Å². The molecule has 2 rings (SSSR count). The van der Waals surface area contributed by atoms with Crippen LogP contribution in [0, 0.1) is 5.82 Å². The van der Waals surface area contributed by atoms with E-state index in [4.69, 9.17) is 0 Å². The average molecular weight is 398 g/mol. The lowest BCUT2D eigenvalue weighted by molar-refractivity contribution is -0.154. The predicted octanol–water partition coefficient (Wildman–Crippen LogP) is 3.46. The maximum Gasteiger partial charge on any atom is 0.422 e. The lowest BCUT2D eigenvalue weighted by atomic mass is 10.1. The Labute approximate surface area is 160 Å². The highest BCUT2D eigenvalue weighted by Gasteiger charge is 2.28. The molecule has 152 valence electrons. The Bertz CT molecular complexity index is 763. The number of aliphatic imine (C=N–C) groups is 1. The Kier molecular flexibility index (Phi) is 8.03. The molecule has 2 aromatic rings. The maximum atomic E-state index is 12.9. The molecule has 0 saturated heterocycles. The van der Waals surface area contributed by atoms with Crippen molar-refractivity contribution >= 4 is 5.96 Å². The minimum Gasteiger partial charge on any atom is -0.468 e. The Morgan fingerprint density at radius 3 is 2.54 bits per heavy atom. The molecule has 0 radical (unpaired) electrons. The highest BCUT2D eigenvalue weighted by Crippen LogP contribution is 2.17. The third-order valence-electron chi connectivity index (χ3n) is 3.57. The van der Waals surface area contributed by atoms with Crippen molar-refractivity contribution in [3.63, 3.8) is 0 Å². The van der Waals surface area contributed by atoms with Gasteiger partial charge in [-0.2, -0.15) is 13.2 Å². The highest BCUT2D eigenvalue weighted by atomic mass is 19.4. The number of aromatic nitrogens is 1. The monoisotopic (exact) mass is 398 g/mol. The second-order valence-corrected chi connectivity index (χ2v) is 5.90. The van der Waals surface area contributed by atoms with Gasteiger partial charge in [-0.15, -0.1) is 0 Å². The van der Waals surface area contributed by atoms with E-state index < -0.39 is 12.8 Å². The molecule has 0 aliphatic rings. The van der Waals surface area contributed by atoms with Gasteiger partial charge in [0.05, 0.1) is 6.54 Å². The first-order chi connectivity index (χ1) is 13.4. The number of hydrogen-bond acceptors (Lipinski definition) is 3. The molecule has 5 nitrogen and oxygen atoms in total. The molecule has 0 aliphatic heterocycles. The standard InChI is InChI=1S/C19H22F4N4O/c1-2-24-18(26-10-7-14-3-5-16(20)6-4-14)27-12-15-8-9-25-17(11-15)28-13-19(21,22)23/h3-6,8-9,11H,2,7,10,12-13H2,1H3,(H2,24,26,27). The first-order valence-electron chi connectivity index (χ1n) is 8.77. The summed E-state index contributed by atoms with van der Waals surface area (Å²) in [6.45, 7) is 2.02. The van der Waals surface area contributed by atoms with Crippen molar-refractivity contribution in [2.45, 2.75) is 26.1 Å². The van der Waals surface area contributed by atoms with Gasteiger partial charge >= 0.3 is 6.18 Å². The second-order valence-electron chi connectivity index (χ2n) is 5.90. The minimum atomic E-state index is -4.41. The van der Waals surface area contributed by atoms with Gasteiger partial charge in [-0.25, -0.2) is 14.4 Å². The van der Waals surface area contributed by atoms with Crippen LogP contribution >= 0.6 is 0 Å². The summed E-state index contributed by atoms with van der Waals surface area (Å²) in [5.41, 5.74) is 1.66. The van der Waals surface area contributed by atoms with Crippen molar-refractivity contribution in [3.05, 3.63) is 59.5 Å². The van der Waals surface area contributed by atoms with E-state index >= 15 is 0 Å². The van der Waals surface area contributed by atoms with Gasteiger partial charge in [0.1, 0.15) is 5.82 Å². The van der Waals surface area contributed by atoms with Gasteiger partial charge in [0, 0.05) is 25.4 Å². The molecule has 28 heavy (non-hydrogen) atoms. The van der Waals surface area contributed by atoms with Gasteiger partial charge in [0.25, 0.3) is 0 Å². The fourth-order valence-electron chi connectivity index (χ4n) is 2.27. The zero-order chi connectivity index (χ0) is 20.4. The van der Waals surface area contributed by atoms with Crippen LogP contribution in [0.15, 0.2) is 47.6 Å². The number of alkyl halides is 3. The summed E-state index contributed by atoms with van der Waals surface area (Å²) < 4.78 is 54.3. The Morgan fingerprint density at radius 2 is 1.86 bits per heavy atom. The van der Waals surface area contributed by atoms with Gasteiger partial charge < -0.3 is 15.4 Å². The summed E-state index contributed by atoms with van der Waals surface area (Å²) in [6.07, 6.45) is -2.34. The number of nitrogens with one attached hydrogen (secondary N) is 2. The van der Waals surface area contributed by atoms with Crippen molar-refractivity contribution in [2.75, 3.05) is 19.7 Å². The summed E-state index contributed by atoms with van der Waals surface area (Å²) in [4.78, 5) is 8.17. The summed E-state index contributed by atoms with van der Waals surface area (Å²) in [5, 5.41) is 6.25. The molecule has 9 heteroatoms. The molecule has 0 amide bonds. The summed E-state index contributed by atoms with van der Waals surface area (Å²) in [7, 11) is 0. The topological polar surface area (TPSA) is 58.5 Å². The molecule has 0 atom stereocenters. The second kappa shape index (κ2) is 10.5. The molecule has 0 spiro atoms. The Balaban J connectivity index is 1.89. The van der Waals surface area contributed by atoms with E-state index in [0.29, 0.717) is 31.0 Å². The van der Waals surface area contributed by atoms with Crippen LogP contribution in [0.4, 0.5) is 17.6 Å². The Hall–Kier alpha value is -2.84. The van der Waals surface area contributed by atoms with Crippen LogP contribution in [-0.4, -0.2) is 36.8 Å². The van der Waals surface area contributed by atoms with Crippen LogP contribution in [0.3, 0.4) is 0 Å². The van der Waals surface area contributed by atoms with Crippen LogP contribution < -0.4 is 15.4 Å². The van der Waals surface area contributed by atoms with E-state index in [-0.39, 0.29) is 18.2 Å². The zero-order valence-electron chi connectivity index (χ0n) is 15.4. The summed E-state index contributed by atoms with van der Waals surface area (Å²) in [5.74, 6) is 0.195. The number of nitrogens with zero attached hydrogens (tertiary/aromatic N) is 2. The normalized spacial score (nSPS) is 12.0. The smallest absolute Gasteiger partial charge is 0.422 e. The van der Waals surface area contributed by atoms with Crippen molar-refractivity contribution < 1.29 is 22.3 Å². The molecule has 1 aromatic carbocycles. The van der Waals surface area contributed by atoms with E-state index in [0.717, 1.165) is 5.56 Å². The molecule has 0 aliphatic carbocycles. The minimum absolute atomic E-state index is 0.0979. The predicted molar refractivity (Wildman–Crippen MR) is 98.7 cm³/mol. The van der Waals surface area contributed by atoms with E-state index in [1.54, 1.807) is 18.2 Å². The fraction of sp³-hybridized carbons (Fsp3) is 0.368. The number of hydrogen-bond donors (Lipinski definition) is 2. The van der Waals surface area contributed by atoms with Gasteiger partial charge in [0.2, 0.25) is 5.88 Å². The number of guanidine groups is 1. The zero-order valence-corrected chi connectivity index (χ0v) is 15.4. The fourth-order valence-corrected chi connectivity index (χ4v) is 2.27. The first kappa shape index (κ1) is 21.5. The van der Waals surface area contributed by atoms with Crippen molar-refractivity contribution in [1.29, 1.82) is 0 Å². The lowest BCUT2D eigenvalue weighted by Crippen LogP contribution is -2.38. The molecular weight excluding hydrogens is 376 g/mol. The SMILES string of the molecule is CCNC(=NCc1ccnc(OCC(F)(F)F)c1)NCCc1ccc(F)cc1. The largest absolute Gasteiger partial charge is 0.468 e. The molecule has 0 bridgehead atoms. The van der Waals surface area contributed by atoms with Crippen molar-refractivity contribution in [2.24, 2.45) is 4.99 Å². The summed E-state index contributed by atoms with van der Waals surface area (Å²) >= 11 is 0. The molecule has 0 saturated carbocycles. The molecule has 1 aromatic heterocycles. The van der Waals surface area contributed by atoms with Crippen LogP contribution in [-0.2, 0) is 13.0 Å². The van der Waals surface area contributed by atoms with E-state index in [1.807, 2.05) is 6.92 Å². The number of ether oxygens (including phenoxy) is 1. The van der Waals surface area contributed by atoms with Crippen LogP contribution in [0.2, 0.25) is 0 Å². The first-order valence-corrected chi connectivity index (χ1v) is 8.77. The van der Waals surface area contributed by atoms with Crippen LogP contribution in [0.25, 0.3) is 0 Å². The number of benzene rings is 1. The quantitative estimate of drug-likeness (QED) is 0.406. The van der Waals surface area contributed by atoms with Crippen LogP contribution in [0.1, 0.15) is 18.1 Å². The van der Waals surface area contributed by atoms with E-state index in [1.165, 1.54) is 24.4 Å². The molecule has 2 N–H and O–H groups in total. The number of pyridine rings is 1. The number of halogens is 4. The highest BCUT2D eigenvalue weighted by molar-refractivity contribution is 5.79. The maximum absolute atomic E-state index is 12.9. The average Bonchev–Trinajstić information content (AvgIpc) is 2.66. The van der Waals surface area contributed by atoms with Gasteiger partial charge in [-0.3, -0.25) is 0 Å². The molecular formula is C19H22F4N4O. The Morgan fingerprint density at radius 1 is 1.11 bits per heavy atom. The molecule has 0 fully saturated rings. The van der Waals surface area contributed by atoms with Gasteiger partial charge in [0.15, 0.2) is 12.6 Å². The van der Waals surface area contributed by atoms with E-state index in [9.17, 15) is 17.6 Å². The molecule has 0 unspecified atom stereocenters. The van der Waals surface area contributed by atoms with E-state index in [2.05, 4.69) is 25.3 Å².